The van der Waals surface area contributed by atoms with Gasteiger partial charge in [0.2, 0.25) is 0 Å². The summed E-state index contributed by atoms with van der Waals surface area (Å²) < 4.78 is 2.60. The molecule has 0 fully saturated rings. The monoisotopic (exact) mass is 732 g/mol. The molecule has 0 amide bonds. The van der Waals surface area contributed by atoms with Crippen LogP contribution >= 0.6 is 11.3 Å². The first-order valence-electron chi connectivity index (χ1n) is 19.2. The molecule has 0 spiro atoms. The number of thiophene rings is 1. The summed E-state index contributed by atoms with van der Waals surface area (Å²) in [5.74, 6) is 0.711. The van der Waals surface area contributed by atoms with Crippen LogP contribution in [0, 0.1) is 0 Å². The van der Waals surface area contributed by atoms with Gasteiger partial charge < -0.3 is 0 Å². The summed E-state index contributed by atoms with van der Waals surface area (Å²) in [5, 5.41) is 5.04. The van der Waals surface area contributed by atoms with E-state index >= 15 is 0 Å². The molecule has 1 aliphatic rings. The van der Waals surface area contributed by atoms with E-state index in [1.54, 1.807) is 0 Å². The Morgan fingerprint density at radius 2 is 1.00 bits per heavy atom. The van der Waals surface area contributed by atoms with Crippen LogP contribution in [0.1, 0.15) is 25.0 Å². The molecule has 8 aromatic carbocycles. The van der Waals surface area contributed by atoms with Gasteiger partial charge in [0, 0.05) is 42.3 Å². The van der Waals surface area contributed by atoms with Gasteiger partial charge >= 0.3 is 0 Å². The number of rotatable bonds is 5. The minimum Gasteiger partial charge on any atom is -0.228 e. The molecule has 0 unspecified atom stereocenters. The van der Waals surface area contributed by atoms with Crippen LogP contribution in [0.15, 0.2) is 182 Å². The molecule has 56 heavy (non-hydrogen) atoms. The van der Waals surface area contributed by atoms with Crippen molar-refractivity contribution in [2.45, 2.75) is 19.3 Å². The zero-order valence-electron chi connectivity index (χ0n) is 31.1. The highest BCUT2D eigenvalue weighted by molar-refractivity contribution is 7.26. The van der Waals surface area contributed by atoms with E-state index in [1.807, 2.05) is 17.4 Å². The Kier molecular flexibility index (Phi) is 7.42. The fourth-order valence-electron chi connectivity index (χ4n) is 8.88. The van der Waals surface area contributed by atoms with E-state index in [2.05, 4.69) is 190 Å². The number of fused-ring (bicyclic) bond motifs is 7. The molecule has 0 bridgehead atoms. The summed E-state index contributed by atoms with van der Waals surface area (Å²) in [5.41, 5.74) is 14.9. The van der Waals surface area contributed by atoms with Crippen molar-refractivity contribution in [1.82, 2.24) is 9.97 Å². The van der Waals surface area contributed by atoms with Crippen molar-refractivity contribution in [3.8, 4) is 67.3 Å². The second-order valence-electron chi connectivity index (χ2n) is 15.4. The van der Waals surface area contributed by atoms with Gasteiger partial charge in [-0.15, -0.1) is 11.3 Å². The highest BCUT2D eigenvalue weighted by atomic mass is 32.1. The van der Waals surface area contributed by atoms with Gasteiger partial charge in [0.1, 0.15) is 0 Å². The number of benzene rings is 8. The minimum atomic E-state index is -0.0633. The van der Waals surface area contributed by atoms with Crippen LogP contribution in [-0.4, -0.2) is 9.97 Å². The van der Waals surface area contributed by atoms with Crippen LogP contribution < -0.4 is 0 Å². The van der Waals surface area contributed by atoms with Crippen LogP contribution in [0.4, 0.5) is 0 Å². The largest absolute Gasteiger partial charge is 0.228 e. The molecule has 1 aliphatic carbocycles. The normalized spacial score (nSPS) is 13.0. The molecule has 264 valence electrons. The van der Waals surface area contributed by atoms with E-state index < -0.39 is 0 Å². The lowest BCUT2D eigenvalue weighted by atomic mass is 9.82. The molecule has 10 aromatic rings. The first kappa shape index (κ1) is 32.7. The third-order valence-corrected chi connectivity index (χ3v) is 12.9. The van der Waals surface area contributed by atoms with E-state index in [4.69, 9.17) is 9.97 Å². The molecule has 0 aliphatic heterocycles. The van der Waals surface area contributed by atoms with Crippen molar-refractivity contribution in [1.29, 1.82) is 0 Å². The van der Waals surface area contributed by atoms with Crippen molar-refractivity contribution in [3.05, 3.63) is 193 Å². The molecule has 0 N–H and O–H groups in total. The fraction of sp³-hybridized carbons (Fsp3) is 0.0566. The molecular formula is C53H36N2S. The summed E-state index contributed by atoms with van der Waals surface area (Å²) in [7, 11) is 0. The summed E-state index contributed by atoms with van der Waals surface area (Å²) in [6.45, 7) is 4.65. The van der Waals surface area contributed by atoms with Crippen LogP contribution in [0.3, 0.4) is 0 Å². The zero-order chi connectivity index (χ0) is 37.4. The maximum atomic E-state index is 5.35. The van der Waals surface area contributed by atoms with Gasteiger partial charge in [-0.25, -0.2) is 9.97 Å². The second-order valence-corrected chi connectivity index (χ2v) is 16.4. The van der Waals surface area contributed by atoms with Gasteiger partial charge in [-0.05, 0) is 91.7 Å². The maximum absolute atomic E-state index is 5.35. The molecule has 11 rings (SSSR count). The average molecular weight is 733 g/mol. The Bertz CT molecular complexity index is 3170. The van der Waals surface area contributed by atoms with E-state index in [1.165, 1.54) is 69.9 Å². The van der Waals surface area contributed by atoms with Crippen LogP contribution in [-0.2, 0) is 5.41 Å². The van der Waals surface area contributed by atoms with Crippen molar-refractivity contribution in [3.63, 3.8) is 0 Å². The van der Waals surface area contributed by atoms with Crippen molar-refractivity contribution < 1.29 is 0 Å². The maximum Gasteiger partial charge on any atom is 0.160 e. The number of hydrogen-bond acceptors (Lipinski definition) is 3. The standard InChI is InChI=1S/C53H36N2S/c1-53(2)46-24-10-8-19-42(46)45-31-35(26-27-47(45)53)48-32-49(55-52(54-48)34-15-4-3-5-16-34)38-29-36(40-21-12-17-33-14-6-7-18-39(33)40)28-37(30-38)41-22-13-23-44-43-20-9-11-25-50(43)56-51(41)44/h3-32H,1-2H3. The van der Waals surface area contributed by atoms with Gasteiger partial charge in [0.25, 0.3) is 0 Å². The summed E-state index contributed by atoms with van der Waals surface area (Å²) in [6, 6.07) is 66.0. The molecule has 0 saturated carbocycles. The van der Waals surface area contributed by atoms with E-state index in [0.29, 0.717) is 5.82 Å². The predicted molar refractivity (Wildman–Crippen MR) is 237 cm³/mol. The van der Waals surface area contributed by atoms with Gasteiger partial charge in [0.15, 0.2) is 5.82 Å². The second kappa shape index (κ2) is 12.7. The smallest absolute Gasteiger partial charge is 0.160 e. The topological polar surface area (TPSA) is 25.8 Å². The number of aromatic nitrogens is 2. The third kappa shape index (κ3) is 5.23. The first-order valence-corrected chi connectivity index (χ1v) is 20.0. The average Bonchev–Trinajstić information content (AvgIpc) is 3.75. The molecule has 2 aromatic heterocycles. The van der Waals surface area contributed by atoms with Crippen molar-refractivity contribution in [2.75, 3.05) is 0 Å². The Hall–Kier alpha value is -6.68. The molecular weight excluding hydrogens is 697 g/mol. The van der Waals surface area contributed by atoms with Crippen molar-refractivity contribution >= 4 is 42.3 Å². The van der Waals surface area contributed by atoms with Gasteiger partial charge in [0.05, 0.1) is 11.4 Å². The van der Waals surface area contributed by atoms with Crippen LogP contribution in [0.25, 0.3) is 98.2 Å². The van der Waals surface area contributed by atoms with Crippen LogP contribution in [0.2, 0.25) is 0 Å². The molecule has 2 nitrogen and oxygen atoms in total. The van der Waals surface area contributed by atoms with Gasteiger partial charge in [-0.2, -0.15) is 0 Å². The Morgan fingerprint density at radius 1 is 0.393 bits per heavy atom. The molecule has 0 radical (unpaired) electrons. The Morgan fingerprint density at radius 3 is 1.88 bits per heavy atom. The summed E-state index contributed by atoms with van der Waals surface area (Å²) in [6.07, 6.45) is 0. The lowest BCUT2D eigenvalue weighted by molar-refractivity contribution is 0.660. The highest BCUT2D eigenvalue weighted by Gasteiger charge is 2.35. The van der Waals surface area contributed by atoms with E-state index in [0.717, 1.165) is 33.6 Å². The lowest BCUT2D eigenvalue weighted by Crippen LogP contribution is -2.14. The van der Waals surface area contributed by atoms with E-state index in [-0.39, 0.29) is 5.41 Å². The molecule has 3 heteroatoms. The fourth-order valence-corrected chi connectivity index (χ4v) is 10.1. The first-order chi connectivity index (χ1) is 27.5. The zero-order valence-corrected chi connectivity index (χ0v) is 31.9. The highest BCUT2D eigenvalue weighted by Crippen LogP contribution is 2.50. The summed E-state index contributed by atoms with van der Waals surface area (Å²) in [4.78, 5) is 10.6. The van der Waals surface area contributed by atoms with E-state index in [9.17, 15) is 0 Å². The number of nitrogens with zero attached hydrogens (tertiary/aromatic N) is 2. The molecule has 0 atom stereocenters. The lowest BCUT2D eigenvalue weighted by Gasteiger charge is -2.21. The summed E-state index contributed by atoms with van der Waals surface area (Å²) >= 11 is 1.87. The van der Waals surface area contributed by atoms with Crippen LogP contribution in [0.5, 0.6) is 0 Å². The Labute approximate surface area is 330 Å². The van der Waals surface area contributed by atoms with Crippen molar-refractivity contribution in [2.24, 2.45) is 0 Å². The minimum absolute atomic E-state index is 0.0633. The van der Waals surface area contributed by atoms with Gasteiger partial charge in [-0.1, -0.05) is 159 Å². The van der Waals surface area contributed by atoms with Gasteiger partial charge in [-0.3, -0.25) is 0 Å². The SMILES string of the molecule is CC1(C)c2ccccc2-c2cc(-c3cc(-c4cc(-c5cccc6ccccc56)cc(-c5cccc6c5sc5ccccc56)c4)nc(-c4ccccc4)n3)ccc21. The third-order valence-electron chi connectivity index (χ3n) is 11.7. The Balaban J connectivity index is 1.16. The molecule has 2 heterocycles. The molecule has 0 saturated heterocycles. The quantitative estimate of drug-likeness (QED) is 0.176. The number of hydrogen-bond donors (Lipinski definition) is 0. The predicted octanol–water partition coefficient (Wildman–Crippen LogP) is 14.6.